The molecule has 2 atom stereocenters. The largest absolute Gasteiger partial charge is 0.468 e. The van der Waals surface area contributed by atoms with Gasteiger partial charge in [0, 0.05) is 4.83 Å². The van der Waals surface area contributed by atoms with Crippen LogP contribution in [-0.4, -0.2) is 22.8 Å². The minimum Gasteiger partial charge on any atom is -0.468 e. The minimum atomic E-state index is -0.909. The fourth-order valence-corrected chi connectivity index (χ4v) is 3.03. The van der Waals surface area contributed by atoms with Crippen LogP contribution in [0, 0.1) is 0 Å². The Hall–Kier alpha value is 0.240. The molecule has 0 saturated carbocycles. The van der Waals surface area contributed by atoms with E-state index in [0.717, 1.165) is 6.42 Å². The van der Waals surface area contributed by atoms with E-state index in [-0.39, 0.29) is 10.8 Å². The number of ether oxygens (including phenoxy) is 1. The van der Waals surface area contributed by atoms with Gasteiger partial charge in [-0.1, -0.05) is 48.5 Å². The third-order valence-corrected chi connectivity index (χ3v) is 3.68. The summed E-state index contributed by atoms with van der Waals surface area (Å²) in [7, 11) is 1.37. The van der Waals surface area contributed by atoms with Gasteiger partial charge in [0.1, 0.15) is 4.87 Å². The summed E-state index contributed by atoms with van der Waals surface area (Å²) < 4.78 is 4.67. The van der Waals surface area contributed by atoms with E-state index in [4.69, 9.17) is 11.6 Å². The van der Waals surface area contributed by atoms with Crippen LogP contribution in [0.15, 0.2) is 0 Å². The zero-order valence-corrected chi connectivity index (χ0v) is 12.7. The van der Waals surface area contributed by atoms with Gasteiger partial charge in [-0.2, -0.15) is 0 Å². The Morgan fingerprint density at radius 3 is 2.56 bits per heavy atom. The molecule has 0 fully saturated rings. The number of hydrogen-bond donors (Lipinski definition) is 0. The number of carbonyl (C=O) groups excluding carboxylic acids is 1. The molecule has 0 spiro atoms. The zero-order chi connectivity index (χ0) is 12.6. The Labute approximate surface area is 112 Å². The van der Waals surface area contributed by atoms with E-state index in [1.807, 2.05) is 0 Å². The van der Waals surface area contributed by atoms with Crippen LogP contribution in [0.3, 0.4) is 0 Å². The first-order chi connectivity index (χ1) is 7.44. The fraction of sp³-hybridized carbons (Fsp3) is 0.917. The molecular formula is C12H22BrClO2. The molecular weight excluding hydrogens is 291 g/mol. The number of rotatable bonds is 8. The second kappa shape index (κ2) is 8.35. The highest BCUT2D eigenvalue weighted by Gasteiger charge is 2.33. The van der Waals surface area contributed by atoms with Crippen molar-refractivity contribution in [3.05, 3.63) is 0 Å². The normalized spacial score (nSPS) is 16.6. The van der Waals surface area contributed by atoms with Gasteiger partial charge >= 0.3 is 5.97 Å². The average molecular weight is 314 g/mol. The Morgan fingerprint density at radius 2 is 2.06 bits per heavy atom. The van der Waals surface area contributed by atoms with Gasteiger partial charge in [0.25, 0.3) is 0 Å². The van der Waals surface area contributed by atoms with Crippen molar-refractivity contribution in [1.29, 1.82) is 0 Å². The van der Waals surface area contributed by atoms with Gasteiger partial charge in [-0.15, -0.1) is 11.6 Å². The highest BCUT2D eigenvalue weighted by molar-refractivity contribution is 9.09. The van der Waals surface area contributed by atoms with Crippen molar-refractivity contribution in [2.24, 2.45) is 0 Å². The third-order valence-electron chi connectivity index (χ3n) is 2.59. The molecule has 0 N–H and O–H groups in total. The number of unbranched alkanes of at least 4 members (excludes halogenated alkanes) is 3. The summed E-state index contributed by atoms with van der Waals surface area (Å²) in [6.07, 6.45) is 6.59. The van der Waals surface area contributed by atoms with E-state index in [1.165, 1.54) is 32.8 Å². The first-order valence-electron chi connectivity index (χ1n) is 5.85. The molecule has 0 aromatic carbocycles. The van der Waals surface area contributed by atoms with E-state index in [2.05, 4.69) is 27.6 Å². The minimum absolute atomic E-state index is 0.283. The molecule has 96 valence electrons. The number of alkyl halides is 2. The second-order valence-corrected chi connectivity index (χ2v) is 6.47. The summed E-state index contributed by atoms with van der Waals surface area (Å²) in [6.45, 7) is 3.90. The number of halogens is 2. The summed E-state index contributed by atoms with van der Waals surface area (Å²) >= 11 is 9.69. The topological polar surface area (TPSA) is 26.3 Å². The van der Waals surface area contributed by atoms with Gasteiger partial charge in [-0.25, -0.2) is 0 Å². The molecule has 16 heavy (non-hydrogen) atoms. The highest BCUT2D eigenvalue weighted by atomic mass is 79.9. The molecule has 0 rings (SSSR count). The maximum atomic E-state index is 11.4. The fourth-order valence-electron chi connectivity index (χ4n) is 1.61. The van der Waals surface area contributed by atoms with E-state index < -0.39 is 4.87 Å². The quantitative estimate of drug-likeness (QED) is 0.380. The van der Waals surface area contributed by atoms with E-state index in [9.17, 15) is 4.79 Å². The van der Waals surface area contributed by atoms with Crippen molar-refractivity contribution >= 4 is 33.5 Å². The van der Waals surface area contributed by atoms with Crippen molar-refractivity contribution in [3.8, 4) is 0 Å². The van der Waals surface area contributed by atoms with Crippen molar-refractivity contribution in [2.75, 3.05) is 7.11 Å². The molecule has 0 bridgehead atoms. The lowest BCUT2D eigenvalue weighted by molar-refractivity contribution is -0.143. The van der Waals surface area contributed by atoms with Gasteiger partial charge in [-0.05, 0) is 19.8 Å². The van der Waals surface area contributed by atoms with Crippen LogP contribution in [0.5, 0.6) is 0 Å². The van der Waals surface area contributed by atoms with Crippen LogP contribution < -0.4 is 0 Å². The summed E-state index contributed by atoms with van der Waals surface area (Å²) in [4.78, 5) is 10.7. The predicted octanol–water partition coefficient (Wildman–Crippen LogP) is 4.28. The standard InChI is InChI=1S/C12H22BrClO2/c1-4-5-6-7-8-10(13)9-12(2,14)11(15)16-3/h10H,4-9H2,1-3H3. The van der Waals surface area contributed by atoms with Gasteiger partial charge in [0.05, 0.1) is 7.11 Å². The molecule has 4 heteroatoms. The Kier molecular flexibility index (Phi) is 8.47. The number of carbonyl (C=O) groups is 1. The molecule has 0 saturated heterocycles. The average Bonchev–Trinajstić information content (AvgIpc) is 2.22. The molecule has 2 unspecified atom stereocenters. The van der Waals surface area contributed by atoms with E-state index in [0.29, 0.717) is 6.42 Å². The van der Waals surface area contributed by atoms with Crippen LogP contribution >= 0.6 is 27.5 Å². The van der Waals surface area contributed by atoms with Gasteiger partial charge in [-0.3, -0.25) is 4.79 Å². The number of esters is 1. The summed E-state index contributed by atoms with van der Waals surface area (Å²) in [6, 6.07) is 0. The van der Waals surface area contributed by atoms with Gasteiger partial charge in [0.2, 0.25) is 0 Å². The summed E-state index contributed by atoms with van der Waals surface area (Å²) in [5.41, 5.74) is 0. The highest BCUT2D eigenvalue weighted by Crippen LogP contribution is 2.28. The van der Waals surface area contributed by atoms with Crippen molar-refractivity contribution < 1.29 is 9.53 Å². The molecule has 2 nitrogen and oxygen atoms in total. The van der Waals surface area contributed by atoms with E-state index >= 15 is 0 Å². The van der Waals surface area contributed by atoms with Crippen molar-refractivity contribution in [3.63, 3.8) is 0 Å². The second-order valence-electron chi connectivity index (χ2n) is 4.34. The molecule has 0 heterocycles. The van der Waals surface area contributed by atoms with Crippen LogP contribution in [0.2, 0.25) is 0 Å². The molecule has 0 radical (unpaired) electrons. The molecule has 0 aliphatic heterocycles. The SMILES string of the molecule is CCCCCCC(Br)CC(C)(Cl)C(=O)OC. The maximum Gasteiger partial charge on any atom is 0.326 e. The number of hydrogen-bond acceptors (Lipinski definition) is 2. The summed E-state index contributed by atoms with van der Waals surface area (Å²) in [5, 5.41) is 0. The Bertz CT molecular complexity index is 207. The monoisotopic (exact) mass is 312 g/mol. The lowest BCUT2D eigenvalue weighted by atomic mass is 10.0. The number of methoxy groups -OCH3 is 1. The lowest BCUT2D eigenvalue weighted by Gasteiger charge is -2.22. The van der Waals surface area contributed by atoms with Crippen molar-refractivity contribution in [1.82, 2.24) is 0 Å². The maximum absolute atomic E-state index is 11.4. The van der Waals surface area contributed by atoms with Crippen LogP contribution in [0.1, 0.15) is 52.4 Å². The zero-order valence-electron chi connectivity index (χ0n) is 10.4. The molecule has 0 aromatic rings. The molecule has 0 aromatic heterocycles. The Morgan fingerprint density at radius 1 is 1.44 bits per heavy atom. The lowest BCUT2D eigenvalue weighted by Crippen LogP contribution is -2.32. The van der Waals surface area contributed by atoms with Crippen LogP contribution in [-0.2, 0) is 9.53 Å². The van der Waals surface area contributed by atoms with Crippen LogP contribution in [0.4, 0.5) is 0 Å². The first-order valence-corrected chi connectivity index (χ1v) is 7.14. The summed E-state index contributed by atoms with van der Waals surface area (Å²) in [5.74, 6) is -0.354. The molecule has 0 amide bonds. The van der Waals surface area contributed by atoms with Crippen molar-refractivity contribution in [2.45, 2.75) is 62.1 Å². The first kappa shape index (κ1) is 16.2. The molecule has 0 aliphatic rings. The van der Waals surface area contributed by atoms with Gasteiger partial charge < -0.3 is 4.74 Å². The predicted molar refractivity (Wildman–Crippen MR) is 72.4 cm³/mol. The van der Waals surface area contributed by atoms with Crippen LogP contribution in [0.25, 0.3) is 0 Å². The molecule has 0 aliphatic carbocycles. The smallest absolute Gasteiger partial charge is 0.326 e. The van der Waals surface area contributed by atoms with Gasteiger partial charge in [0.15, 0.2) is 0 Å². The van der Waals surface area contributed by atoms with E-state index in [1.54, 1.807) is 6.92 Å². The third kappa shape index (κ3) is 6.74. The Balaban J connectivity index is 3.85.